The van der Waals surface area contributed by atoms with Crippen LogP contribution in [-0.4, -0.2) is 32.2 Å². The van der Waals surface area contributed by atoms with E-state index in [1.165, 1.54) is 11.3 Å². The number of pyridine rings is 1. The van der Waals surface area contributed by atoms with Crippen LogP contribution in [0.1, 0.15) is 32.7 Å². The average molecular weight is 399 g/mol. The van der Waals surface area contributed by atoms with Crippen molar-refractivity contribution in [2.24, 2.45) is 0 Å². The minimum absolute atomic E-state index is 0.143. The molecule has 1 aromatic carbocycles. The van der Waals surface area contributed by atoms with Gasteiger partial charge in [-0.2, -0.15) is 0 Å². The summed E-state index contributed by atoms with van der Waals surface area (Å²) in [6.45, 7) is 3.99. The lowest BCUT2D eigenvalue weighted by Crippen LogP contribution is -2.37. The largest absolute Gasteiger partial charge is 0.493 e. The number of aromatic nitrogens is 1. The smallest absolute Gasteiger partial charge is 0.265 e. The predicted octanol–water partition coefficient (Wildman–Crippen LogP) is 3.79. The number of benzene rings is 1. The van der Waals surface area contributed by atoms with Crippen LogP contribution in [0.3, 0.4) is 0 Å². The zero-order valence-electron chi connectivity index (χ0n) is 16.3. The van der Waals surface area contributed by atoms with Gasteiger partial charge in [0, 0.05) is 16.6 Å². The highest BCUT2D eigenvalue weighted by Crippen LogP contribution is 2.45. The van der Waals surface area contributed by atoms with Gasteiger partial charge in [0.1, 0.15) is 15.9 Å². The number of thiophene rings is 1. The van der Waals surface area contributed by atoms with Crippen LogP contribution < -0.4 is 24.8 Å². The molecule has 4 rings (SSSR count). The Hall–Kier alpha value is -3.00. The van der Waals surface area contributed by atoms with Crippen LogP contribution in [-0.2, 0) is 0 Å². The molecule has 3 aromatic rings. The van der Waals surface area contributed by atoms with Crippen molar-refractivity contribution in [3.05, 3.63) is 39.9 Å². The number of nitrogens with zero attached hydrogens (tertiary/aromatic N) is 1. The van der Waals surface area contributed by atoms with Crippen LogP contribution in [0.25, 0.3) is 10.2 Å². The Morgan fingerprint density at radius 2 is 1.79 bits per heavy atom. The van der Waals surface area contributed by atoms with Gasteiger partial charge in [-0.05, 0) is 37.6 Å². The zero-order chi connectivity index (χ0) is 20.0. The third-order valence-corrected chi connectivity index (χ3v) is 5.89. The lowest BCUT2D eigenvalue weighted by atomic mass is 10.1. The number of ether oxygens (including phenoxy) is 3. The molecule has 1 aliphatic heterocycles. The molecule has 0 fully saturated rings. The predicted molar refractivity (Wildman–Crippen MR) is 109 cm³/mol. The van der Waals surface area contributed by atoms with E-state index in [1.807, 2.05) is 26.0 Å². The summed E-state index contributed by atoms with van der Waals surface area (Å²) in [5, 5.41) is 7.43. The molecule has 0 aliphatic carbocycles. The standard InChI is InChI=1S/C20H21N3O4S/c1-9-8-10(2)21-20-13(9)14-17(28-20)19(24)23-18(22-14)11-6-7-12(25-3)16(27-5)15(11)26-4/h6-8,18,22H,1-5H3,(H,23,24)/t18-/m0/s1. The van der Waals surface area contributed by atoms with E-state index in [9.17, 15) is 4.79 Å². The minimum Gasteiger partial charge on any atom is -0.493 e. The summed E-state index contributed by atoms with van der Waals surface area (Å²) in [7, 11) is 4.69. The van der Waals surface area contributed by atoms with Crippen molar-refractivity contribution in [1.29, 1.82) is 0 Å². The number of nitrogens with one attached hydrogen (secondary N) is 2. The molecule has 0 saturated heterocycles. The molecule has 2 N–H and O–H groups in total. The Kier molecular flexibility index (Phi) is 4.50. The molecule has 0 unspecified atom stereocenters. The molecule has 1 atom stereocenters. The highest BCUT2D eigenvalue weighted by molar-refractivity contribution is 7.21. The van der Waals surface area contributed by atoms with Crippen molar-refractivity contribution in [3.8, 4) is 17.2 Å². The second-order valence-corrected chi connectivity index (χ2v) is 7.54. The van der Waals surface area contributed by atoms with Crippen LogP contribution in [0, 0.1) is 13.8 Å². The molecule has 0 spiro atoms. The quantitative estimate of drug-likeness (QED) is 0.695. The second-order valence-electron chi connectivity index (χ2n) is 6.54. The number of aryl methyl sites for hydroxylation is 2. The first-order valence-corrected chi connectivity index (χ1v) is 9.57. The third kappa shape index (κ3) is 2.72. The molecule has 0 bridgehead atoms. The highest BCUT2D eigenvalue weighted by atomic mass is 32.1. The molecule has 28 heavy (non-hydrogen) atoms. The monoisotopic (exact) mass is 399 g/mol. The SMILES string of the molecule is COc1ccc([C@@H]2NC(=O)c3sc4nc(C)cc(C)c4c3N2)c(OC)c1OC. The normalized spacial score (nSPS) is 15.6. The molecule has 146 valence electrons. The number of rotatable bonds is 4. The van der Waals surface area contributed by atoms with E-state index < -0.39 is 6.17 Å². The van der Waals surface area contributed by atoms with Gasteiger partial charge < -0.3 is 24.8 Å². The summed E-state index contributed by atoms with van der Waals surface area (Å²) in [5.41, 5.74) is 3.56. The molecule has 3 heterocycles. The maximum atomic E-state index is 12.8. The molecule has 7 nitrogen and oxygen atoms in total. The summed E-state index contributed by atoms with van der Waals surface area (Å²) in [6.07, 6.45) is -0.478. The topological polar surface area (TPSA) is 81.7 Å². The summed E-state index contributed by atoms with van der Waals surface area (Å²) in [5.74, 6) is 1.40. The van der Waals surface area contributed by atoms with E-state index in [4.69, 9.17) is 14.2 Å². The summed E-state index contributed by atoms with van der Waals surface area (Å²) >= 11 is 1.40. The Labute approximate surface area is 166 Å². The van der Waals surface area contributed by atoms with Gasteiger partial charge in [0.15, 0.2) is 11.5 Å². The minimum atomic E-state index is -0.478. The maximum absolute atomic E-state index is 12.8. The maximum Gasteiger partial charge on any atom is 0.265 e. The van der Waals surface area contributed by atoms with Crippen molar-refractivity contribution in [2.45, 2.75) is 20.0 Å². The number of anilines is 1. The number of amides is 1. The number of methoxy groups -OCH3 is 3. The van der Waals surface area contributed by atoms with Crippen molar-refractivity contribution in [2.75, 3.05) is 26.6 Å². The summed E-state index contributed by atoms with van der Waals surface area (Å²) in [6, 6.07) is 5.67. The number of hydrogen-bond donors (Lipinski definition) is 2. The number of carbonyl (C=O) groups is 1. The van der Waals surface area contributed by atoms with Gasteiger partial charge in [-0.15, -0.1) is 11.3 Å². The van der Waals surface area contributed by atoms with E-state index in [0.29, 0.717) is 22.1 Å². The van der Waals surface area contributed by atoms with Crippen molar-refractivity contribution in [3.63, 3.8) is 0 Å². The van der Waals surface area contributed by atoms with Crippen LogP contribution in [0.4, 0.5) is 5.69 Å². The van der Waals surface area contributed by atoms with Crippen LogP contribution in [0.15, 0.2) is 18.2 Å². The Balaban J connectivity index is 1.85. The molecule has 2 aromatic heterocycles. The first-order valence-electron chi connectivity index (χ1n) is 8.75. The van der Waals surface area contributed by atoms with Crippen molar-refractivity contribution < 1.29 is 19.0 Å². The van der Waals surface area contributed by atoms with Crippen LogP contribution >= 0.6 is 11.3 Å². The third-order valence-electron chi connectivity index (χ3n) is 4.80. The van der Waals surface area contributed by atoms with E-state index in [2.05, 4.69) is 15.6 Å². The first kappa shape index (κ1) is 18.4. The Morgan fingerprint density at radius 3 is 2.46 bits per heavy atom. The van der Waals surface area contributed by atoms with E-state index >= 15 is 0 Å². The lowest BCUT2D eigenvalue weighted by molar-refractivity contribution is 0.0939. The summed E-state index contributed by atoms with van der Waals surface area (Å²) in [4.78, 5) is 18.9. The number of carbonyl (C=O) groups excluding carboxylic acids is 1. The van der Waals surface area contributed by atoms with E-state index in [1.54, 1.807) is 27.4 Å². The molecule has 0 saturated carbocycles. The highest BCUT2D eigenvalue weighted by Gasteiger charge is 2.32. The van der Waals surface area contributed by atoms with Crippen LogP contribution in [0.5, 0.6) is 17.2 Å². The van der Waals surface area contributed by atoms with Gasteiger partial charge in [0.05, 0.1) is 27.0 Å². The Morgan fingerprint density at radius 1 is 1.04 bits per heavy atom. The lowest BCUT2D eigenvalue weighted by Gasteiger charge is -2.28. The molecule has 0 radical (unpaired) electrons. The average Bonchev–Trinajstić information content (AvgIpc) is 3.05. The van der Waals surface area contributed by atoms with Gasteiger partial charge in [0.25, 0.3) is 5.91 Å². The molecular formula is C20H21N3O4S. The Bertz CT molecular complexity index is 1090. The van der Waals surface area contributed by atoms with Gasteiger partial charge >= 0.3 is 0 Å². The first-order chi connectivity index (χ1) is 13.5. The molecular weight excluding hydrogens is 378 g/mol. The molecule has 1 amide bonds. The van der Waals surface area contributed by atoms with E-state index in [-0.39, 0.29) is 5.91 Å². The zero-order valence-corrected chi connectivity index (χ0v) is 17.1. The van der Waals surface area contributed by atoms with Gasteiger partial charge in [-0.3, -0.25) is 4.79 Å². The number of hydrogen-bond acceptors (Lipinski definition) is 7. The van der Waals surface area contributed by atoms with Crippen LogP contribution in [0.2, 0.25) is 0 Å². The number of fused-ring (bicyclic) bond motifs is 3. The van der Waals surface area contributed by atoms with Crippen molar-refractivity contribution >= 4 is 33.1 Å². The van der Waals surface area contributed by atoms with Gasteiger partial charge in [0.2, 0.25) is 5.75 Å². The second kappa shape index (κ2) is 6.87. The fourth-order valence-electron chi connectivity index (χ4n) is 3.62. The van der Waals surface area contributed by atoms with Crippen molar-refractivity contribution in [1.82, 2.24) is 10.3 Å². The van der Waals surface area contributed by atoms with Gasteiger partial charge in [-0.1, -0.05) is 0 Å². The fraction of sp³-hybridized carbons (Fsp3) is 0.300. The van der Waals surface area contributed by atoms with E-state index in [0.717, 1.165) is 32.7 Å². The summed E-state index contributed by atoms with van der Waals surface area (Å²) < 4.78 is 16.4. The molecule has 1 aliphatic rings. The fourth-order valence-corrected chi connectivity index (χ4v) is 4.79. The molecule has 8 heteroatoms. The van der Waals surface area contributed by atoms with Gasteiger partial charge in [-0.25, -0.2) is 4.98 Å².